The third-order valence-corrected chi connectivity index (χ3v) is 6.13. The summed E-state index contributed by atoms with van der Waals surface area (Å²) in [7, 11) is 0. The van der Waals surface area contributed by atoms with E-state index in [2.05, 4.69) is 55.3 Å². The van der Waals surface area contributed by atoms with E-state index in [9.17, 15) is 4.79 Å². The fraction of sp³-hybridized carbons (Fsp3) is 0.348. The minimum absolute atomic E-state index is 0.0614. The third-order valence-electron chi connectivity index (χ3n) is 5.60. The molecule has 1 amide bonds. The number of halogens is 1. The zero-order valence-electron chi connectivity index (χ0n) is 17.0. The van der Waals surface area contributed by atoms with Crippen LogP contribution in [-0.2, 0) is 17.9 Å². The van der Waals surface area contributed by atoms with Gasteiger partial charge in [-0.25, -0.2) is 0 Å². The van der Waals surface area contributed by atoms with Crippen LogP contribution < -0.4 is 5.32 Å². The van der Waals surface area contributed by atoms with E-state index < -0.39 is 0 Å². The van der Waals surface area contributed by atoms with Crippen LogP contribution in [0.4, 0.5) is 0 Å². The lowest BCUT2D eigenvalue weighted by Crippen LogP contribution is -2.40. The second-order valence-electron chi connectivity index (χ2n) is 7.71. The van der Waals surface area contributed by atoms with Crippen molar-refractivity contribution in [1.82, 2.24) is 20.4 Å². The smallest absolute Gasteiger partial charge is 0.241 e. The van der Waals surface area contributed by atoms with Crippen LogP contribution in [0.3, 0.4) is 0 Å². The molecule has 1 aliphatic rings. The molecular weight excluding hydrogens is 444 g/mol. The molecule has 0 aliphatic carbocycles. The monoisotopic (exact) mass is 468 g/mol. The summed E-state index contributed by atoms with van der Waals surface area (Å²) in [6.07, 6.45) is 1.68. The second-order valence-corrected chi connectivity index (χ2v) is 8.63. The van der Waals surface area contributed by atoms with Crippen molar-refractivity contribution in [2.24, 2.45) is 5.92 Å². The van der Waals surface area contributed by atoms with E-state index in [-0.39, 0.29) is 11.8 Å². The van der Waals surface area contributed by atoms with Crippen LogP contribution in [0, 0.1) is 12.8 Å². The number of amides is 1. The number of aryl methyl sites for hydroxylation is 1. The molecule has 1 aliphatic heterocycles. The SMILES string of the molecule is Cc1ccccc1CNC(=O)C1CCN(Cc2nc(-c3ccc(Br)cc3)no2)CC1. The zero-order valence-corrected chi connectivity index (χ0v) is 18.6. The van der Waals surface area contributed by atoms with E-state index in [4.69, 9.17) is 4.52 Å². The number of aromatic nitrogens is 2. The van der Waals surface area contributed by atoms with Crippen molar-refractivity contribution in [3.05, 3.63) is 70.0 Å². The van der Waals surface area contributed by atoms with Crippen molar-refractivity contribution in [3.8, 4) is 11.4 Å². The quantitative estimate of drug-likeness (QED) is 0.582. The van der Waals surface area contributed by atoms with E-state index in [0.717, 1.165) is 36.0 Å². The molecule has 0 radical (unpaired) electrons. The van der Waals surface area contributed by atoms with Gasteiger partial charge in [-0.15, -0.1) is 0 Å². The Balaban J connectivity index is 1.25. The first kappa shape index (κ1) is 20.8. The van der Waals surface area contributed by atoms with E-state index in [1.165, 1.54) is 11.1 Å². The Kier molecular flexibility index (Phi) is 6.59. The van der Waals surface area contributed by atoms with Gasteiger partial charge in [-0.2, -0.15) is 4.98 Å². The van der Waals surface area contributed by atoms with E-state index in [0.29, 0.717) is 24.8 Å². The van der Waals surface area contributed by atoms with Crippen LogP contribution in [0.5, 0.6) is 0 Å². The van der Waals surface area contributed by atoms with Crippen molar-refractivity contribution < 1.29 is 9.32 Å². The zero-order chi connectivity index (χ0) is 20.9. The van der Waals surface area contributed by atoms with Crippen LogP contribution >= 0.6 is 15.9 Å². The van der Waals surface area contributed by atoms with Gasteiger partial charge < -0.3 is 9.84 Å². The van der Waals surface area contributed by atoms with E-state index >= 15 is 0 Å². The highest BCUT2D eigenvalue weighted by Crippen LogP contribution is 2.22. The molecule has 30 heavy (non-hydrogen) atoms. The lowest BCUT2D eigenvalue weighted by molar-refractivity contribution is -0.126. The van der Waals surface area contributed by atoms with Crippen LogP contribution in [0.2, 0.25) is 0 Å². The molecular formula is C23H25BrN4O2. The highest BCUT2D eigenvalue weighted by molar-refractivity contribution is 9.10. The van der Waals surface area contributed by atoms with Gasteiger partial charge in [-0.3, -0.25) is 9.69 Å². The number of rotatable bonds is 6. The number of benzene rings is 2. The number of piperidine rings is 1. The first-order valence-corrected chi connectivity index (χ1v) is 11.0. The predicted octanol–water partition coefficient (Wildman–Crippen LogP) is 4.34. The summed E-state index contributed by atoms with van der Waals surface area (Å²) < 4.78 is 6.45. The van der Waals surface area contributed by atoms with Crippen molar-refractivity contribution in [2.45, 2.75) is 32.9 Å². The maximum absolute atomic E-state index is 12.6. The Bertz CT molecular complexity index is 994. The van der Waals surface area contributed by atoms with Crippen molar-refractivity contribution in [3.63, 3.8) is 0 Å². The summed E-state index contributed by atoms with van der Waals surface area (Å²) in [5.41, 5.74) is 3.30. The average molecular weight is 469 g/mol. The van der Waals surface area contributed by atoms with Crippen molar-refractivity contribution in [2.75, 3.05) is 13.1 Å². The summed E-state index contributed by atoms with van der Waals surface area (Å²) in [4.78, 5) is 19.3. The van der Waals surface area contributed by atoms with Crippen LogP contribution in [0.1, 0.15) is 29.9 Å². The molecule has 1 fully saturated rings. The molecule has 0 spiro atoms. The highest BCUT2D eigenvalue weighted by Gasteiger charge is 2.26. The highest BCUT2D eigenvalue weighted by atomic mass is 79.9. The first-order valence-electron chi connectivity index (χ1n) is 10.2. The molecule has 0 atom stereocenters. The number of carbonyl (C=O) groups is 1. The van der Waals surface area contributed by atoms with E-state index in [1.54, 1.807) is 0 Å². The lowest BCUT2D eigenvalue weighted by Gasteiger charge is -2.30. The Morgan fingerprint density at radius 2 is 1.90 bits per heavy atom. The third kappa shape index (κ3) is 5.15. The molecule has 0 bridgehead atoms. The van der Waals surface area contributed by atoms with E-state index in [1.807, 2.05) is 36.4 Å². The number of nitrogens with one attached hydrogen (secondary N) is 1. The topological polar surface area (TPSA) is 71.3 Å². The molecule has 156 valence electrons. The molecule has 1 N–H and O–H groups in total. The van der Waals surface area contributed by atoms with Gasteiger partial charge in [0.25, 0.3) is 0 Å². The normalized spacial score (nSPS) is 15.3. The number of likely N-dealkylation sites (tertiary alicyclic amines) is 1. The maximum Gasteiger partial charge on any atom is 0.241 e. The molecule has 1 aromatic heterocycles. The number of hydrogen-bond donors (Lipinski definition) is 1. The summed E-state index contributed by atoms with van der Waals surface area (Å²) >= 11 is 3.43. The van der Waals surface area contributed by atoms with Crippen LogP contribution in [0.25, 0.3) is 11.4 Å². The van der Waals surface area contributed by atoms with Gasteiger partial charge in [-0.1, -0.05) is 45.4 Å². The van der Waals surface area contributed by atoms with Crippen molar-refractivity contribution >= 4 is 21.8 Å². The summed E-state index contributed by atoms with van der Waals surface area (Å²) in [6, 6.07) is 16.0. The predicted molar refractivity (Wildman–Crippen MR) is 118 cm³/mol. The maximum atomic E-state index is 12.6. The molecule has 1 saturated heterocycles. The molecule has 3 aromatic rings. The molecule has 2 aromatic carbocycles. The van der Waals surface area contributed by atoms with Gasteiger partial charge in [0, 0.05) is 22.5 Å². The molecule has 6 nitrogen and oxygen atoms in total. The van der Waals surface area contributed by atoms with Gasteiger partial charge >= 0.3 is 0 Å². The van der Waals surface area contributed by atoms with Crippen LogP contribution in [-0.4, -0.2) is 34.0 Å². The van der Waals surface area contributed by atoms with Crippen molar-refractivity contribution in [1.29, 1.82) is 0 Å². The summed E-state index contributed by atoms with van der Waals surface area (Å²) in [6.45, 7) is 4.96. The van der Waals surface area contributed by atoms with Gasteiger partial charge in [-0.05, 0) is 68.2 Å². The minimum Gasteiger partial charge on any atom is -0.352 e. The Hall–Kier alpha value is -2.51. The Morgan fingerprint density at radius 3 is 2.63 bits per heavy atom. The Labute approximate surface area is 184 Å². The molecule has 7 heteroatoms. The number of nitrogens with zero attached hydrogens (tertiary/aromatic N) is 3. The van der Waals surface area contributed by atoms with Gasteiger partial charge in [0.05, 0.1) is 6.54 Å². The molecule has 0 unspecified atom stereocenters. The fourth-order valence-corrected chi connectivity index (χ4v) is 3.98. The summed E-state index contributed by atoms with van der Waals surface area (Å²) in [5.74, 6) is 1.41. The molecule has 0 saturated carbocycles. The van der Waals surface area contributed by atoms with Gasteiger partial charge in [0.15, 0.2) is 0 Å². The second kappa shape index (κ2) is 9.53. The Morgan fingerprint density at radius 1 is 1.17 bits per heavy atom. The molecule has 4 rings (SSSR count). The number of hydrogen-bond acceptors (Lipinski definition) is 5. The first-order chi connectivity index (χ1) is 14.6. The average Bonchev–Trinajstić information content (AvgIpc) is 3.22. The lowest BCUT2D eigenvalue weighted by atomic mass is 9.95. The summed E-state index contributed by atoms with van der Waals surface area (Å²) in [5, 5.41) is 7.19. The minimum atomic E-state index is 0.0614. The standard InChI is InChI=1S/C23H25BrN4O2/c1-16-4-2-3-5-19(16)14-25-23(29)18-10-12-28(13-11-18)15-21-26-22(27-30-21)17-6-8-20(24)9-7-17/h2-9,18H,10-15H2,1H3,(H,25,29). The fourth-order valence-electron chi connectivity index (χ4n) is 3.71. The largest absolute Gasteiger partial charge is 0.352 e. The van der Waals surface area contributed by atoms with Gasteiger partial charge in [0.2, 0.25) is 17.6 Å². The number of carbonyl (C=O) groups excluding carboxylic acids is 1. The molecule has 2 heterocycles. The van der Waals surface area contributed by atoms with Gasteiger partial charge in [0.1, 0.15) is 0 Å². The van der Waals surface area contributed by atoms with Crippen LogP contribution in [0.15, 0.2) is 57.5 Å².